The van der Waals surface area contributed by atoms with Gasteiger partial charge in [0.1, 0.15) is 5.65 Å². The van der Waals surface area contributed by atoms with E-state index in [9.17, 15) is 9.90 Å². The van der Waals surface area contributed by atoms with Gasteiger partial charge >= 0.3 is 0 Å². The molecule has 20 heavy (non-hydrogen) atoms. The second kappa shape index (κ2) is 5.52. The molecule has 3 rings (SSSR count). The lowest BCUT2D eigenvalue weighted by molar-refractivity contribution is 0.152. The third-order valence-corrected chi connectivity index (χ3v) is 3.98. The van der Waals surface area contributed by atoms with Crippen molar-refractivity contribution in [2.24, 2.45) is 0 Å². The van der Waals surface area contributed by atoms with Crippen molar-refractivity contribution in [3.05, 3.63) is 45.5 Å². The predicted molar refractivity (Wildman–Crippen MR) is 77.0 cm³/mol. The van der Waals surface area contributed by atoms with Gasteiger partial charge in [-0.3, -0.25) is 14.1 Å². The van der Waals surface area contributed by atoms with E-state index in [0.717, 1.165) is 25.1 Å². The van der Waals surface area contributed by atoms with Crippen LogP contribution in [-0.2, 0) is 6.54 Å². The summed E-state index contributed by atoms with van der Waals surface area (Å²) >= 11 is 5.88. The van der Waals surface area contributed by atoms with E-state index in [2.05, 4.69) is 9.88 Å². The standard InChI is InChI=1S/C14H16ClN3O2/c15-10-3-4-13-16-11(6-14(20)18(13)7-10)8-17-5-1-2-12(17)9-19/h3-4,6-7,12,19H,1-2,5,8-9H2/t12-/m0/s1. The minimum atomic E-state index is -0.132. The predicted octanol–water partition coefficient (Wildman–Crippen LogP) is 1.30. The van der Waals surface area contributed by atoms with Gasteiger partial charge in [0, 0.05) is 24.8 Å². The molecule has 1 atom stereocenters. The summed E-state index contributed by atoms with van der Waals surface area (Å²) in [5.74, 6) is 0. The molecule has 5 nitrogen and oxygen atoms in total. The summed E-state index contributed by atoms with van der Waals surface area (Å²) in [7, 11) is 0. The van der Waals surface area contributed by atoms with Crippen molar-refractivity contribution in [1.29, 1.82) is 0 Å². The van der Waals surface area contributed by atoms with Gasteiger partial charge in [0.2, 0.25) is 0 Å². The molecular weight excluding hydrogens is 278 g/mol. The first-order chi connectivity index (χ1) is 9.67. The summed E-state index contributed by atoms with van der Waals surface area (Å²) in [6.07, 6.45) is 3.65. The first-order valence-electron chi connectivity index (χ1n) is 6.70. The molecule has 6 heteroatoms. The zero-order valence-electron chi connectivity index (χ0n) is 11.0. The molecule has 0 aromatic carbocycles. The lowest BCUT2D eigenvalue weighted by atomic mass is 10.2. The van der Waals surface area contributed by atoms with E-state index in [1.165, 1.54) is 10.5 Å². The average Bonchev–Trinajstić information content (AvgIpc) is 2.87. The molecule has 3 heterocycles. The van der Waals surface area contributed by atoms with Crippen molar-refractivity contribution >= 4 is 17.2 Å². The second-order valence-electron chi connectivity index (χ2n) is 5.11. The molecule has 2 aromatic rings. The summed E-state index contributed by atoms with van der Waals surface area (Å²) in [4.78, 5) is 18.7. The second-order valence-corrected chi connectivity index (χ2v) is 5.55. The topological polar surface area (TPSA) is 57.8 Å². The van der Waals surface area contributed by atoms with Crippen molar-refractivity contribution in [2.45, 2.75) is 25.4 Å². The van der Waals surface area contributed by atoms with Crippen molar-refractivity contribution in [3.63, 3.8) is 0 Å². The van der Waals surface area contributed by atoms with Crippen LogP contribution in [0, 0.1) is 0 Å². The number of hydrogen-bond acceptors (Lipinski definition) is 4. The monoisotopic (exact) mass is 293 g/mol. The van der Waals surface area contributed by atoms with E-state index in [4.69, 9.17) is 11.6 Å². The largest absolute Gasteiger partial charge is 0.395 e. The zero-order chi connectivity index (χ0) is 14.1. The molecule has 0 saturated carbocycles. The summed E-state index contributed by atoms with van der Waals surface area (Å²) in [6, 6.07) is 5.18. The van der Waals surface area contributed by atoms with Crippen LogP contribution < -0.4 is 5.56 Å². The van der Waals surface area contributed by atoms with E-state index >= 15 is 0 Å². The Morgan fingerprint density at radius 1 is 1.45 bits per heavy atom. The summed E-state index contributed by atoms with van der Waals surface area (Å²) in [6.45, 7) is 1.69. The Hall–Kier alpha value is -1.43. The third kappa shape index (κ3) is 2.57. The fourth-order valence-corrected chi connectivity index (χ4v) is 2.89. The molecule has 0 bridgehead atoms. The van der Waals surface area contributed by atoms with Crippen LogP contribution in [0.25, 0.3) is 5.65 Å². The fourth-order valence-electron chi connectivity index (χ4n) is 2.73. The highest BCUT2D eigenvalue weighted by molar-refractivity contribution is 6.30. The van der Waals surface area contributed by atoms with Gasteiger partial charge < -0.3 is 5.11 Å². The van der Waals surface area contributed by atoms with Gasteiger partial charge in [0.25, 0.3) is 5.56 Å². The van der Waals surface area contributed by atoms with Gasteiger partial charge in [0.05, 0.1) is 17.3 Å². The lowest BCUT2D eigenvalue weighted by Gasteiger charge is -2.22. The molecule has 1 fully saturated rings. The number of fused-ring (bicyclic) bond motifs is 1. The highest BCUT2D eigenvalue weighted by Gasteiger charge is 2.24. The molecule has 2 aromatic heterocycles. The van der Waals surface area contributed by atoms with Gasteiger partial charge in [-0.2, -0.15) is 0 Å². The Bertz CT molecular complexity index is 686. The van der Waals surface area contributed by atoms with Crippen LogP contribution in [0.4, 0.5) is 0 Å². The van der Waals surface area contributed by atoms with Crippen molar-refractivity contribution in [2.75, 3.05) is 13.2 Å². The quantitative estimate of drug-likeness (QED) is 0.927. The number of aliphatic hydroxyl groups excluding tert-OH is 1. The van der Waals surface area contributed by atoms with Gasteiger partial charge in [-0.15, -0.1) is 0 Å². The number of aliphatic hydroxyl groups is 1. The molecule has 0 aliphatic carbocycles. The Labute approximate surface area is 121 Å². The molecule has 1 aliphatic heterocycles. The van der Waals surface area contributed by atoms with E-state index in [1.807, 2.05) is 0 Å². The third-order valence-electron chi connectivity index (χ3n) is 3.75. The van der Waals surface area contributed by atoms with Crippen LogP contribution in [0.3, 0.4) is 0 Å². The highest BCUT2D eigenvalue weighted by Crippen LogP contribution is 2.19. The first-order valence-corrected chi connectivity index (χ1v) is 7.08. The van der Waals surface area contributed by atoms with Gasteiger partial charge in [-0.05, 0) is 31.5 Å². The van der Waals surface area contributed by atoms with Crippen molar-refractivity contribution < 1.29 is 5.11 Å². The number of pyridine rings is 1. The average molecular weight is 294 g/mol. The molecule has 0 spiro atoms. The Morgan fingerprint density at radius 3 is 3.10 bits per heavy atom. The number of likely N-dealkylation sites (tertiary alicyclic amines) is 1. The SMILES string of the molecule is O=c1cc(CN2CCC[C@H]2CO)nc2ccc(Cl)cn12. The van der Waals surface area contributed by atoms with Crippen molar-refractivity contribution in [1.82, 2.24) is 14.3 Å². The van der Waals surface area contributed by atoms with Crippen LogP contribution in [0.15, 0.2) is 29.2 Å². The van der Waals surface area contributed by atoms with Gasteiger partial charge in [-0.25, -0.2) is 4.98 Å². The Kier molecular flexibility index (Phi) is 3.74. The lowest BCUT2D eigenvalue weighted by Crippen LogP contribution is -2.32. The van der Waals surface area contributed by atoms with E-state index < -0.39 is 0 Å². The van der Waals surface area contributed by atoms with Crippen LogP contribution >= 0.6 is 11.6 Å². The van der Waals surface area contributed by atoms with Crippen LogP contribution in [0.2, 0.25) is 5.02 Å². The van der Waals surface area contributed by atoms with Gasteiger partial charge in [-0.1, -0.05) is 11.6 Å². The maximum Gasteiger partial charge on any atom is 0.258 e. The minimum absolute atomic E-state index is 0.132. The molecule has 1 N–H and O–H groups in total. The molecule has 0 unspecified atom stereocenters. The van der Waals surface area contributed by atoms with Crippen LogP contribution in [0.1, 0.15) is 18.5 Å². The van der Waals surface area contributed by atoms with Crippen molar-refractivity contribution in [3.8, 4) is 0 Å². The highest BCUT2D eigenvalue weighted by atomic mass is 35.5. The van der Waals surface area contributed by atoms with Crippen LogP contribution in [0.5, 0.6) is 0 Å². The Morgan fingerprint density at radius 2 is 2.30 bits per heavy atom. The number of rotatable bonds is 3. The molecule has 1 aliphatic rings. The van der Waals surface area contributed by atoms with E-state index in [1.54, 1.807) is 18.3 Å². The number of nitrogens with zero attached hydrogens (tertiary/aromatic N) is 3. The minimum Gasteiger partial charge on any atom is -0.395 e. The fraction of sp³-hybridized carbons (Fsp3) is 0.429. The van der Waals surface area contributed by atoms with Crippen LogP contribution in [-0.4, -0.2) is 38.6 Å². The summed E-state index contributed by atoms with van der Waals surface area (Å²) in [5.41, 5.74) is 1.20. The Balaban J connectivity index is 1.93. The molecule has 1 saturated heterocycles. The molecular formula is C14H16ClN3O2. The molecule has 0 amide bonds. The maximum absolute atomic E-state index is 12.1. The van der Waals surface area contributed by atoms with Gasteiger partial charge in [0.15, 0.2) is 0 Å². The molecule has 106 valence electrons. The van der Waals surface area contributed by atoms with E-state index in [-0.39, 0.29) is 18.2 Å². The normalized spacial score (nSPS) is 19.8. The summed E-state index contributed by atoms with van der Waals surface area (Å²) < 4.78 is 1.44. The first kappa shape index (κ1) is 13.5. The summed E-state index contributed by atoms with van der Waals surface area (Å²) in [5, 5.41) is 9.84. The molecule has 0 radical (unpaired) electrons. The number of hydrogen-bond donors (Lipinski definition) is 1. The van der Waals surface area contributed by atoms with E-state index in [0.29, 0.717) is 17.2 Å². The maximum atomic E-state index is 12.1. The zero-order valence-corrected chi connectivity index (χ0v) is 11.8. The number of aromatic nitrogens is 2. The number of halogens is 1. The smallest absolute Gasteiger partial charge is 0.258 e.